The molecule has 8 aromatic rings. The van der Waals surface area contributed by atoms with Gasteiger partial charge in [-0.1, -0.05) is 105 Å². The van der Waals surface area contributed by atoms with E-state index in [1.54, 1.807) is 0 Å². The predicted octanol–water partition coefficient (Wildman–Crippen LogP) is 10.6. The largest absolute Gasteiger partial charge is 0.456 e. The van der Waals surface area contributed by atoms with Crippen molar-refractivity contribution >= 4 is 33.0 Å². The first-order valence-corrected chi connectivity index (χ1v) is 14.8. The number of fused-ring (bicyclic) bond motifs is 7. The summed E-state index contributed by atoms with van der Waals surface area (Å²) >= 11 is 0. The van der Waals surface area contributed by atoms with Gasteiger partial charge in [-0.15, -0.1) is 0 Å². The first-order valence-electron chi connectivity index (χ1n) is 14.8. The second-order valence-corrected chi connectivity index (χ2v) is 12.0. The molecular weight excluding hydrogens is 524 g/mol. The van der Waals surface area contributed by atoms with E-state index < -0.39 is 0 Å². The van der Waals surface area contributed by atoms with Crippen LogP contribution in [0.2, 0.25) is 0 Å². The van der Waals surface area contributed by atoms with Gasteiger partial charge in [0, 0.05) is 27.4 Å². The number of rotatable bonds is 3. The van der Waals surface area contributed by atoms with Gasteiger partial charge in [-0.05, 0) is 75.8 Å². The molecular formula is C40H28N2O. The third kappa shape index (κ3) is 3.45. The summed E-state index contributed by atoms with van der Waals surface area (Å²) in [6, 6.07) is 47.4. The topological polar surface area (TPSA) is 31.0 Å². The van der Waals surface area contributed by atoms with Crippen molar-refractivity contribution < 1.29 is 4.42 Å². The number of hydrogen-bond acceptors (Lipinski definition) is 2. The molecule has 0 fully saturated rings. The number of para-hydroxylation sites is 3. The molecule has 2 aromatic heterocycles. The predicted molar refractivity (Wildman–Crippen MR) is 177 cm³/mol. The van der Waals surface area contributed by atoms with Crippen molar-refractivity contribution in [3.8, 4) is 39.3 Å². The van der Waals surface area contributed by atoms with Gasteiger partial charge in [0.25, 0.3) is 0 Å². The van der Waals surface area contributed by atoms with Crippen LogP contribution in [-0.4, -0.2) is 9.55 Å². The zero-order valence-corrected chi connectivity index (χ0v) is 24.0. The molecule has 43 heavy (non-hydrogen) atoms. The monoisotopic (exact) mass is 552 g/mol. The van der Waals surface area contributed by atoms with Crippen LogP contribution in [0, 0.1) is 0 Å². The van der Waals surface area contributed by atoms with Gasteiger partial charge in [-0.25, -0.2) is 4.98 Å². The van der Waals surface area contributed by atoms with Crippen LogP contribution < -0.4 is 0 Å². The molecule has 6 aromatic carbocycles. The first kappa shape index (κ1) is 24.2. The molecule has 9 rings (SSSR count). The molecule has 0 amide bonds. The summed E-state index contributed by atoms with van der Waals surface area (Å²) in [5.41, 5.74) is 13.7. The summed E-state index contributed by atoms with van der Waals surface area (Å²) in [6.45, 7) is 4.62. The van der Waals surface area contributed by atoms with Gasteiger partial charge in [0.15, 0.2) is 0 Å². The van der Waals surface area contributed by atoms with Crippen molar-refractivity contribution in [1.82, 2.24) is 9.55 Å². The molecule has 0 unspecified atom stereocenters. The molecule has 0 N–H and O–H groups in total. The van der Waals surface area contributed by atoms with Crippen LogP contribution in [0.25, 0.3) is 72.3 Å². The number of imidazole rings is 1. The van der Waals surface area contributed by atoms with Gasteiger partial charge < -0.3 is 4.42 Å². The van der Waals surface area contributed by atoms with E-state index in [9.17, 15) is 0 Å². The lowest BCUT2D eigenvalue weighted by Gasteiger charge is -2.21. The zero-order valence-electron chi connectivity index (χ0n) is 24.0. The van der Waals surface area contributed by atoms with Gasteiger partial charge in [0.05, 0.1) is 11.0 Å². The quantitative estimate of drug-likeness (QED) is 0.218. The van der Waals surface area contributed by atoms with Crippen molar-refractivity contribution in [2.24, 2.45) is 0 Å². The van der Waals surface area contributed by atoms with Crippen molar-refractivity contribution in [3.63, 3.8) is 0 Å². The molecule has 0 saturated carbocycles. The molecule has 2 heterocycles. The van der Waals surface area contributed by atoms with Crippen LogP contribution in [0.15, 0.2) is 138 Å². The maximum absolute atomic E-state index is 6.51. The summed E-state index contributed by atoms with van der Waals surface area (Å²) in [5, 5.41) is 2.32. The van der Waals surface area contributed by atoms with E-state index in [0.717, 1.165) is 55.6 Å². The van der Waals surface area contributed by atoms with Gasteiger partial charge >= 0.3 is 0 Å². The Bertz CT molecular complexity index is 2360. The van der Waals surface area contributed by atoms with E-state index in [2.05, 4.69) is 140 Å². The highest BCUT2D eigenvalue weighted by molar-refractivity contribution is 6.14. The second-order valence-electron chi connectivity index (χ2n) is 12.0. The molecule has 3 heteroatoms. The van der Waals surface area contributed by atoms with Crippen molar-refractivity contribution in [3.05, 3.63) is 145 Å². The first-order chi connectivity index (χ1) is 21.1. The van der Waals surface area contributed by atoms with Crippen LogP contribution in [0.3, 0.4) is 0 Å². The normalized spacial score (nSPS) is 13.5. The molecule has 0 radical (unpaired) electrons. The highest BCUT2D eigenvalue weighted by Gasteiger charge is 2.36. The molecule has 0 bridgehead atoms. The van der Waals surface area contributed by atoms with Crippen molar-refractivity contribution in [2.75, 3.05) is 0 Å². The number of benzene rings is 6. The molecule has 1 aliphatic carbocycles. The van der Waals surface area contributed by atoms with Crippen LogP contribution in [0.4, 0.5) is 0 Å². The Morgan fingerprint density at radius 2 is 1.30 bits per heavy atom. The van der Waals surface area contributed by atoms with E-state index >= 15 is 0 Å². The van der Waals surface area contributed by atoms with E-state index in [4.69, 9.17) is 9.40 Å². The Labute approximate surface area is 249 Å². The average molecular weight is 553 g/mol. The van der Waals surface area contributed by atoms with E-state index in [0.29, 0.717) is 0 Å². The lowest BCUT2D eigenvalue weighted by Crippen LogP contribution is -2.14. The van der Waals surface area contributed by atoms with E-state index in [1.807, 2.05) is 12.1 Å². The number of nitrogens with zero attached hydrogens (tertiary/aromatic N) is 2. The van der Waals surface area contributed by atoms with E-state index in [-0.39, 0.29) is 5.41 Å². The smallest absolute Gasteiger partial charge is 0.145 e. The Morgan fingerprint density at radius 3 is 2.16 bits per heavy atom. The summed E-state index contributed by atoms with van der Waals surface area (Å²) < 4.78 is 8.75. The van der Waals surface area contributed by atoms with Gasteiger partial charge in [0.2, 0.25) is 0 Å². The highest BCUT2D eigenvalue weighted by atomic mass is 16.3. The lowest BCUT2D eigenvalue weighted by molar-refractivity contribution is 0.647. The van der Waals surface area contributed by atoms with Gasteiger partial charge in [-0.3, -0.25) is 4.57 Å². The molecule has 0 aliphatic heterocycles. The fourth-order valence-electron chi connectivity index (χ4n) is 7.12. The van der Waals surface area contributed by atoms with Crippen LogP contribution >= 0.6 is 0 Å². The second kappa shape index (κ2) is 8.80. The number of hydrogen-bond donors (Lipinski definition) is 0. The molecule has 204 valence electrons. The molecule has 1 aliphatic rings. The minimum atomic E-state index is -0.0615. The van der Waals surface area contributed by atoms with Crippen LogP contribution in [0.1, 0.15) is 25.0 Å². The van der Waals surface area contributed by atoms with Gasteiger partial charge in [-0.2, -0.15) is 0 Å². The zero-order chi connectivity index (χ0) is 28.7. The molecule has 0 atom stereocenters. The third-order valence-electron chi connectivity index (χ3n) is 9.23. The standard InChI is InChI=1S/C40H28N2O/c1-40(2)32-15-7-6-13-29(32)30-23-31-37(24-33(30)40)43-36-18-10-14-28(38(31)36)25-19-21-26(22-20-25)39-41-34-16-8-9-17-35(34)42(39)27-11-4-3-5-12-27/h3-24H,1-2H3. The minimum absolute atomic E-state index is 0.0615. The fourth-order valence-corrected chi connectivity index (χ4v) is 7.12. The molecule has 3 nitrogen and oxygen atoms in total. The summed E-state index contributed by atoms with van der Waals surface area (Å²) in [4.78, 5) is 5.06. The SMILES string of the molecule is CC1(C)c2ccccc2-c2cc3c(cc21)oc1cccc(-c2ccc(-c4nc5ccccc5n4-c4ccccc4)cc2)c13. The minimum Gasteiger partial charge on any atom is -0.456 e. The Hall–Kier alpha value is -5.41. The molecule has 0 saturated heterocycles. The summed E-state index contributed by atoms with van der Waals surface area (Å²) in [7, 11) is 0. The fraction of sp³-hybridized carbons (Fsp3) is 0.0750. The number of furan rings is 1. The third-order valence-corrected chi connectivity index (χ3v) is 9.23. The van der Waals surface area contributed by atoms with Gasteiger partial charge in [0.1, 0.15) is 17.0 Å². The number of aromatic nitrogens is 2. The Morgan fingerprint density at radius 1 is 0.581 bits per heavy atom. The van der Waals surface area contributed by atoms with Crippen LogP contribution in [-0.2, 0) is 5.41 Å². The Kier molecular flexibility index (Phi) is 4.95. The summed E-state index contributed by atoms with van der Waals surface area (Å²) in [5.74, 6) is 0.933. The van der Waals surface area contributed by atoms with Crippen LogP contribution in [0.5, 0.6) is 0 Å². The Balaban J connectivity index is 1.20. The lowest BCUT2D eigenvalue weighted by atomic mass is 9.82. The molecule has 0 spiro atoms. The summed E-state index contributed by atoms with van der Waals surface area (Å²) in [6.07, 6.45) is 0. The van der Waals surface area contributed by atoms with Crippen molar-refractivity contribution in [2.45, 2.75) is 19.3 Å². The maximum Gasteiger partial charge on any atom is 0.145 e. The van der Waals surface area contributed by atoms with Crippen molar-refractivity contribution in [1.29, 1.82) is 0 Å². The maximum atomic E-state index is 6.51. The highest BCUT2D eigenvalue weighted by Crippen LogP contribution is 2.51. The van der Waals surface area contributed by atoms with E-state index in [1.165, 1.54) is 27.8 Å². The average Bonchev–Trinajstić information content (AvgIpc) is 3.69.